The number of carbonyl (C=O) groups is 3. The molecule has 1 saturated heterocycles. The van der Waals surface area contributed by atoms with E-state index in [1.165, 1.54) is 5.56 Å². The number of halogens is 2. The van der Waals surface area contributed by atoms with Gasteiger partial charge in [-0.2, -0.15) is 0 Å². The van der Waals surface area contributed by atoms with Gasteiger partial charge >= 0.3 is 0 Å². The third kappa shape index (κ3) is 5.31. The molecule has 2 heterocycles. The Morgan fingerprint density at radius 2 is 1.55 bits per heavy atom. The summed E-state index contributed by atoms with van der Waals surface area (Å²) in [4.78, 5) is 44.4. The van der Waals surface area contributed by atoms with Gasteiger partial charge in [0.1, 0.15) is 10.7 Å². The minimum absolute atomic E-state index is 0.0335. The van der Waals surface area contributed by atoms with Crippen LogP contribution in [0.5, 0.6) is 0 Å². The standard InChI is InChI=1S/C29H26Cl2N4O3/c1-19-7-8-21(27(36)34-15-13-33(14-16-34)18-20-5-3-2-4-6-20)17-24(19)32-26-25(31)28(37)35(29(26)38)23-11-9-22(30)10-12-23/h2-12,17,32H,13-16,18H2,1H3. The Hall–Kier alpha value is -3.65. The average molecular weight is 549 g/mol. The van der Waals surface area contributed by atoms with Gasteiger partial charge in [0.25, 0.3) is 17.7 Å². The van der Waals surface area contributed by atoms with Gasteiger partial charge in [0.2, 0.25) is 0 Å². The second-order valence-electron chi connectivity index (χ2n) is 9.32. The molecule has 0 unspecified atom stereocenters. The molecule has 9 heteroatoms. The van der Waals surface area contributed by atoms with Crippen molar-refractivity contribution in [3.05, 3.63) is 105 Å². The quantitative estimate of drug-likeness (QED) is 0.437. The molecule has 2 aliphatic heterocycles. The number of piperazine rings is 1. The van der Waals surface area contributed by atoms with Gasteiger partial charge < -0.3 is 10.2 Å². The summed E-state index contributed by atoms with van der Waals surface area (Å²) in [6, 6.07) is 21.9. The normalized spacial score (nSPS) is 16.4. The molecular formula is C29H26Cl2N4O3. The van der Waals surface area contributed by atoms with E-state index in [0.29, 0.717) is 35.1 Å². The Morgan fingerprint density at radius 1 is 0.868 bits per heavy atom. The van der Waals surface area contributed by atoms with E-state index in [2.05, 4.69) is 22.3 Å². The van der Waals surface area contributed by atoms with Gasteiger partial charge in [-0.1, -0.05) is 59.6 Å². The fourth-order valence-electron chi connectivity index (χ4n) is 4.59. The minimum atomic E-state index is -0.625. The van der Waals surface area contributed by atoms with Crippen LogP contribution in [0.3, 0.4) is 0 Å². The van der Waals surface area contributed by atoms with Crippen LogP contribution in [-0.2, 0) is 16.1 Å². The molecule has 0 spiro atoms. The fraction of sp³-hybridized carbons (Fsp3) is 0.207. The summed E-state index contributed by atoms with van der Waals surface area (Å²) < 4.78 is 0. The van der Waals surface area contributed by atoms with Crippen molar-refractivity contribution in [2.24, 2.45) is 0 Å². The summed E-state index contributed by atoms with van der Waals surface area (Å²) in [5.41, 5.74) is 3.42. The molecule has 0 aliphatic carbocycles. The van der Waals surface area contributed by atoms with Crippen LogP contribution in [0.1, 0.15) is 21.5 Å². The van der Waals surface area contributed by atoms with E-state index in [1.54, 1.807) is 36.4 Å². The minimum Gasteiger partial charge on any atom is -0.349 e. The van der Waals surface area contributed by atoms with Crippen molar-refractivity contribution in [1.29, 1.82) is 0 Å². The maximum atomic E-state index is 13.3. The molecular weight excluding hydrogens is 523 g/mol. The predicted octanol–water partition coefficient (Wildman–Crippen LogP) is 5.04. The molecule has 2 aliphatic rings. The van der Waals surface area contributed by atoms with Gasteiger partial charge in [0, 0.05) is 49.0 Å². The molecule has 1 N–H and O–H groups in total. The summed E-state index contributed by atoms with van der Waals surface area (Å²) in [7, 11) is 0. The zero-order chi connectivity index (χ0) is 26.8. The molecule has 7 nitrogen and oxygen atoms in total. The number of nitrogens with zero attached hydrogens (tertiary/aromatic N) is 3. The molecule has 1 fully saturated rings. The number of amides is 3. The number of anilines is 2. The van der Waals surface area contributed by atoms with Crippen LogP contribution >= 0.6 is 23.2 Å². The third-order valence-electron chi connectivity index (χ3n) is 6.76. The molecule has 3 aromatic rings. The van der Waals surface area contributed by atoms with Crippen molar-refractivity contribution in [2.75, 3.05) is 36.4 Å². The molecule has 0 radical (unpaired) electrons. The number of imide groups is 1. The zero-order valence-electron chi connectivity index (χ0n) is 20.8. The van der Waals surface area contributed by atoms with E-state index in [4.69, 9.17) is 23.2 Å². The highest BCUT2D eigenvalue weighted by molar-refractivity contribution is 6.53. The number of nitrogens with one attached hydrogen (secondary N) is 1. The Balaban J connectivity index is 1.27. The molecule has 0 saturated carbocycles. The number of carbonyl (C=O) groups excluding carboxylic acids is 3. The molecule has 0 atom stereocenters. The van der Waals surface area contributed by atoms with Crippen molar-refractivity contribution in [1.82, 2.24) is 9.80 Å². The van der Waals surface area contributed by atoms with E-state index in [9.17, 15) is 14.4 Å². The lowest BCUT2D eigenvalue weighted by atomic mass is 10.1. The van der Waals surface area contributed by atoms with Crippen molar-refractivity contribution >= 4 is 52.3 Å². The van der Waals surface area contributed by atoms with Gasteiger partial charge in [-0.25, -0.2) is 4.90 Å². The average Bonchev–Trinajstić information content (AvgIpc) is 3.14. The van der Waals surface area contributed by atoms with Crippen LogP contribution in [0, 0.1) is 6.92 Å². The highest BCUT2D eigenvalue weighted by atomic mass is 35.5. The van der Waals surface area contributed by atoms with Crippen molar-refractivity contribution in [3.63, 3.8) is 0 Å². The Morgan fingerprint density at radius 3 is 2.24 bits per heavy atom. The Kier molecular flexibility index (Phi) is 7.51. The lowest BCUT2D eigenvalue weighted by Gasteiger charge is -2.35. The van der Waals surface area contributed by atoms with Crippen LogP contribution in [0.25, 0.3) is 0 Å². The number of benzene rings is 3. The maximum Gasteiger partial charge on any atom is 0.283 e. The highest BCUT2D eigenvalue weighted by Crippen LogP contribution is 2.32. The largest absolute Gasteiger partial charge is 0.349 e. The smallest absolute Gasteiger partial charge is 0.283 e. The van der Waals surface area contributed by atoms with Crippen LogP contribution in [-0.4, -0.2) is 53.7 Å². The first kappa shape index (κ1) is 26.0. The van der Waals surface area contributed by atoms with Crippen molar-refractivity contribution < 1.29 is 14.4 Å². The monoisotopic (exact) mass is 548 g/mol. The van der Waals surface area contributed by atoms with E-state index in [1.807, 2.05) is 36.1 Å². The lowest BCUT2D eigenvalue weighted by molar-refractivity contribution is -0.120. The Bertz CT molecular complexity index is 1420. The van der Waals surface area contributed by atoms with E-state index < -0.39 is 11.8 Å². The second-order valence-corrected chi connectivity index (χ2v) is 10.1. The number of hydrogen-bond acceptors (Lipinski definition) is 5. The molecule has 38 heavy (non-hydrogen) atoms. The lowest BCUT2D eigenvalue weighted by Crippen LogP contribution is -2.48. The van der Waals surface area contributed by atoms with E-state index in [0.717, 1.165) is 30.1 Å². The fourth-order valence-corrected chi connectivity index (χ4v) is 4.93. The van der Waals surface area contributed by atoms with Gasteiger partial charge in [-0.3, -0.25) is 19.3 Å². The molecule has 5 rings (SSSR count). The van der Waals surface area contributed by atoms with Crippen LogP contribution < -0.4 is 10.2 Å². The van der Waals surface area contributed by atoms with Crippen LogP contribution in [0.2, 0.25) is 5.02 Å². The number of rotatable bonds is 6. The van der Waals surface area contributed by atoms with Crippen LogP contribution in [0.15, 0.2) is 83.5 Å². The predicted molar refractivity (Wildman–Crippen MR) is 149 cm³/mol. The summed E-state index contributed by atoms with van der Waals surface area (Å²) in [5.74, 6) is -1.28. The van der Waals surface area contributed by atoms with Gasteiger partial charge in [-0.15, -0.1) is 0 Å². The molecule has 0 bridgehead atoms. The summed E-state index contributed by atoms with van der Waals surface area (Å²) in [5, 5.41) is 3.29. The van der Waals surface area contributed by atoms with Crippen LogP contribution in [0.4, 0.5) is 11.4 Å². The molecule has 0 aromatic heterocycles. The Labute approximate surface area is 231 Å². The second kappa shape index (κ2) is 11.0. The first-order valence-corrected chi connectivity index (χ1v) is 13.0. The molecule has 3 aromatic carbocycles. The zero-order valence-corrected chi connectivity index (χ0v) is 22.3. The number of aryl methyl sites for hydroxylation is 1. The van der Waals surface area contributed by atoms with Gasteiger partial charge in [-0.05, 0) is 54.4 Å². The molecule has 3 amide bonds. The van der Waals surface area contributed by atoms with Gasteiger partial charge in [0.05, 0.1) is 5.69 Å². The molecule has 194 valence electrons. The van der Waals surface area contributed by atoms with Crippen molar-refractivity contribution in [2.45, 2.75) is 13.5 Å². The summed E-state index contributed by atoms with van der Waals surface area (Å²) in [6.45, 7) is 5.54. The SMILES string of the molecule is Cc1ccc(C(=O)N2CCN(Cc3ccccc3)CC2)cc1NC1=C(Cl)C(=O)N(c2ccc(Cl)cc2)C1=O. The van der Waals surface area contributed by atoms with Gasteiger partial charge in [0.15, 0.2) is 0 Å². The van der Waals surface area contributed by atoms with E-state index in [-0.39, 0.29) is 16.6 Å². The highest BCUT2D eigenvalue weighted by Gasteiger charge is 2.39. The third-order valence-corrected chi connectivity index (χ3v) is 7.37. The first-order valence-electron chi connectivity index (χ1n) is 12.3. The first-order chi connectivity index (χ1) is 18.3. The number of hydrogen-bond donors (Lipinski definition) is 1. The maximum absolute atomic E-state index is 13.3. The van der Waals surface area contributed by atoms with Crippen molar-refractivity contribution in [3.8, 4) is 0 Å². The summed E-state index contributed by atoms with van der Waals surface area (Å²) >= 11 is 12.2. The summed E-state index contributed by atoms with van der Waals surface area (Å²) in [6.07, 6.45) is 0. The topological polar surface area (TPSA) is 73.0 Å². The van der Waals surface area contributed by atoms with E-state index >= 15 is 0 Å².